The third-order valence-corrected chi connectivity index (χ3v) is 4.76. The highest BCUT2D eigenvalue weighted by atomic mass is 16.5. The van der Waals surface area contributed by atoms with Crippen LogP contribution in [-0.2, 0) is 4.79 Å². The number of benzene rings is 1. The number of hydrogen-bond donors (Lipinski definition) is 0. The summed E-state index contributed by atoms with van der Waals surface area (Å²) >= 11 is 0. The molecule has 1 fully saturated rings. The topological polar surface area (TPSA) is 75.6 Å². The first-order valence-electron chi connectivity index (χ1n) is 9.07. The van der Waals surface area contributed by atoms with Gasteiger partial charge in [-0.25, -0.2) is 4.98 Å². The molecule has 3 rings (SSSR count). The molecule has 1 aliphatic heterocycles. The van der Waals surface area contributed by atoms with Gasteiger partial charge < -0.3 is 14.5 Å². The number of amides is 2. The van der Waals surface area contributed by atoms with Gasteiger partial charge in [0, 0.05) is 38.6 Å². The molecule has 142 valence electrons. The zero-order chi connectivity index (χ0) is 19.2. The van der Waals surface area contributed by atoms with E-state index in [0.29, 0.717) is 37.6 Å². The fourth-order valence-electron chi connectivity index (χ4n) is 2.98. The molecule has 7 nitrogen and oxygen atoms in total. The van der Waals surface area contributed by atoms with Crippen molar-refractivity contribution in [2.75, 3.05) is 32.8 Å². The lowest BCUT2D eigenvalue weighted by molar-refractivity contribution is -0.133. The number of aromatic nitrogens is 2. The van der Waals surface area contributed by atoms with Crippen molar-refractivity contribution in [1.29, 1.82) is 0 Å². The van der Waals surface area contributed by atoms with E-state index in [-0.39, 0.29) is 18.4 Å². The summed E-state index contributed by atoms with van der Waals surface area (Å²) < 4.78 is 5.65. The lowest BCUT2D eigenvalue weighted by atomic mass is 10.1. The monoisotopic (exact) mass is 368 g/mol. The van der Waals surface area contributed by atoms with Crippen LogP contribution in [0.25, 0.3) is 0 Å². The maximum atomic E-state index is 12.5. The van der Waals surface area contributed by atoms with Crippen molar-refractivity contribution in [3.63, 3.8) is 0 Å². The molecule has 0 N–H and O–H groups in total. The number of hydrogen-bond acceptors (Lipinski definition) is 5. The van der Waals surface area contributed by atoms with Gasteiger partial charge in [0.15, 0.2) is 6.61 Å². The Morgan fingerprint density at radius 2 is 1.81 bits per heavy atom. The zero-order valence-electron chi connectivity index (χ0n) is 15.7. The molecule has 0 saturated carbocycles. The van der Waals surface area contributed by atoms with Crippen LogP contribution in [0.3, 0.4) is 0 Å². The molecular formula is C20H24N4O3. The van der Waals surface area contributed by atoms with Crippen molar-refractivity contribution >= 4 is 11.8 Å². The average Bonchev–Trinajstić information content (AvgIpc) is 2.95. The van der Waals surface area contributed by atoms with Crippen molar-refractivity contribution < 1.29 is 14.3 Å². The molecule has 2 aromatic rings. The Balaban J connectivity index is 1.53. The minimum absolute atomic E-state index is 0.000603. The standard InChI is InChI=1S/C20H24N4O3/c1-15-4-5-17(12-16(15)2)27-14-19(25)23-8-3-9-24(11-10-23)20(26)18-13-21-6-7-22-18/h4-7,12-13H,3,8-11,14H2,1-2H3. The smallest absolute Gasteiger partial charge is 0.274 e. The summed E-state index contributed by atoms with van der Waals surface area (Å²) in [5.74, 6) is 0.478. The highest BCUT2D eigenvalue weighted by Crippen LogP contribution is 2.16. The summed E-state index contributed by atoms with van der Waals surface area (Å²) in [6.07, 6.45) is 5.23. The molecule has 2 amide bonds. The van der Waals surface area contributed by atoms with Crippen molar-refractivity contribution in [3.8, 4) is 5.75 Å². The van der Waals surface area contributed by atoms with E-state index in [1.807, 2.05) is 32.0 Å². The molecule has 0 bridgehead atoms. The Hall–Kier alpha value is -2.96. The summed E-state index contributed by atoms with van der Waals surface area (Å²) in [5.41, 5.74) is 2.65. The predicted molar refractivity (Wildman–Crippen MR) is 101 cm³/mol. The van der Waals surface area contributed by atoms with Crippen LogP contribution in [0.5, 0.6) is 5.75 Å². The van der Waals surface area contributed by atoms with Gasteiger partial charge in [-0.1, -0.05) is 6.07 Å². The molecule has 0 atom stereocenters. The minimum Gasteiger partial charge on any atom is -0.484 e. The van der Waals surface area contributed by atoms with E-state index < -0.39 is 0 Å². The van der Waals surface area contributed by atoms with Crippen LogP contribution in [0.2, 0.25) is 0 Å². The fraction of sp³-hybridized carbons (Fsp3) is 0.400. The van der Waals surface area contributed by atoms with Crippen LogP contribution in [0, 0.1) is 13.8 Å². The molecule has 2 heterocycles. The number of nitrogens with zero attached hydrogens (tertiary/aromatic N) is 4. The second-order valence-corrected chi connectivity index (χ2v) is 6.65. The molecule has 0 aliphatic carbocycles. The summed E-state index contributed by atoms with van der Waals surface area (Å²) in [7, 11) is 0. The quantitative estimate of drug-likeness (QED) is 0.823. The molecular weight excluding hydrogens is 344 g/mol. The predicted octanol–water partition coefficient (Wildman–Crippen LogP) is 1.85. The number of carbonyl (C=O) groups excluding carboxylic acids is 2. The lowest BCUT2D eigenvalue weighted by Crippen LogP contribution is -2.39. The van der Waals surface area contributed by atoms with E-state index in [9.17, 15) is 9.59 Å². The third-order valence-electron chi connectivity index (χ3n) is 4.76. The Bertz CT molecular complexity index is 810. The molecule has 1 aliphatic rings. The maximum absolute atomic E-state index is 12.5. The number of aryl methyl sites for hydroxylation is 2. The van der Waals surface area contributed by atoms with E-state index >= 15 is 0 Å². The normalized spacial score (nSPS) is 14.6. The van der Waals surface area contributed by atoms with Gasteiger partial charge in [-0.2, -0.15) is 0 Å². The van der Waals surface area contributed by atoms with Crippen LogP contribution < -0.4 is 4.74 Å². The van der Waals surface area contributed by atoms with Gasteiger partial charge in [-0.05, 0) is 43.5 Å². The van der Waals surface area contributed by atoms with Crippen molar-refractivity contribution in [2.24, 2.45) is 0 Å². The van der Waals surface area contributed by atoms with Crippen molar-refractivity contribution in [2.45, 2.75) is 20.3 Å². The Morgan fingerprint density at radius 3 is 2.56 bits per heavy atom. The molecule has 1 aromatic carbocycles. The van der Waals surface area contributed by atoms with Crippen molar-refractivity contribution in [3.05, 3.63) is 53.6 Å². The van der Waals surface area contributed by atoms with E-state index in [4.69, 9.17) is 4.74 Å². The number of rotatable bonds is 4. The molecule has 27 heavy (non-hydrogen) atoms. The third kappa shape index (κ3) is 4.81. The van der Waals surface area contributed by atoms with E-state index in [1.165, 1.54) is 24.2 Å². The van der Waals surface area contributed by atoms with Gasteiger partial charge in [0.2, 0.25) is 0 Å². The van der Waals surface area contributed by atoms with Crippen LogP contribution in [-0.4, -0.2) is 64.4 Å². The summed E-state index contributed by atoms with van der Waals surface area (Å²) in [4.78, 5) is 36.5. The lowest BCUT2D eigenvalue weighted by Gasteiger charge is -2.22. The largest absolute Gasteiger partial charge is 0.484 e. The molecule has 7 heteroatoms. The summed E-state index contributed by atoms with van der Waals surface area (Å²) in [6.45, 7) is 6.22. The summed E-state index contributed by atoms with van der Waals surface area (Å²) in [5, 5.41) is 0. The molecule has 0 radical (unpaired) electrons. The minimum atomic E-state index is -0.149. The molecule has 1 saturated heterocycles. The van der Waals surface area contributed by atoms with Crippen LogP contribution in [0.4, 0.5) is 0 Å². The Labute approximate surface area is 159 Å². The first-order valence-corrected chi connectivity index (χ1v) is 9.07. The Kier molecular flexibility index (Phi) is 6.01. The number of ether oxygens (including phenoxy) is 1. The van der Waals surface area contributed by atoms with Gasteiger partial charge in [-0.3, -0.25) is 14.6 Å². The van der Waals surface area contributed by atoms with Crippen LogP contribution in [0.1, 0.15) is 28.0 Å². The maximum Gasteiger partial charge on any atom is 0.274 e. The second-order valence-electron chi connectivity index (χ2n) is 6.65. The molecule has 1 aromatic heterocycles. The SMILES string of the molecule is Cc1ccc(OCC(=O)N2CCCN(C(=O)c3cnccn3)CC2)cc1C. The number of carbonyl (C=O) groups is 2. The van der Waals surface area contributed by atoms with E-state index in [0.717, 1.165) is 12.0 Å². The van der Waals surface area contributed by atoms with Crippen LogP contribution >= 0.6 is 0 Å². The fourth-order valence-corrected chi connectivity index (χ4v) is 2.98. The first-order chi connectivity index (χ1) is 13.0. The highest BCUT2D eigenvalue weighted by molar-refractivity contribution is 5.92. The first kappa shape index (κ1) is 18.8. The molecule has 0 spiro atoms. The van der Waals surface area contributed by atoms with E-state index in [1.54, 1.807) is 9.80 Å². The average molecular weight is 368 g/mol. The van der Waals surface area contributed by atoms with Crippen molar-refractivity contribution in [1.82, 2.24) is 19.8 Å². The molecule has 0 unspecified atom stereocenters. The zero-order valence-corrected chi connectivity index (χ0v) is 15.7. The van der Waals surface area contributed by atoms with Gasteiger partial charge in [0.25, 0.3) is 11.8 Å². The van der Waals surface area contributed by atoms with Gasteiger partial charge in [-0.15, -0.1) is 0 Å². The highest BCUT2D eigenvalue weighted by Gasteiger charge is 2.23. The van der Waals surface area contributed by atoms with Gasteiger partial charge in [0.1, 0.15) is 11.4 Å². The van der Waals surface area contributed by atoms with Crippen LogP contribution in [0.15, 0.2) is 36.8 Å². The van der Waals surface area contributed by atoms with Gasteiger partial charge >= 0.3 is 0 Å². The Morgan fingerprint density at radius 1 is 1.04 bits per heavy atom. The van der Waals surface area contributed by atoms with Gasteiger partial charge in [0.05, 0.1) is 6.20 Å². The second kappa shape index (κ2) is 8.62. The summed E-state index contributed by atoms with van der Waals surface area (Å²) in [6, 6.07) is 5.79. The van der Waals surface area contributed by atoms with E-state index in [2.05, 4.69) is 9.97 Å².